The molecule has 0 amide bonds. The van der Waals surface area contributed by atoms with Crippen LogP contribution in [-0.2, 0) is 9.53 Å². The minimum absolute atomic E-state index is 0.356. The number of aliphatic carboxylic acids is 1. The molecule has 2 rings (SSSR count). The maximum absolute atomic E-state index is 10.4. The minimum atomic E-state index is -1.16. The van der Waals surface area contributed by atoms with Gasteiger partial charge in [-0.1, -0.05) is 12.1 Å². The van der Waals surface area contributed by atoms with Crippen LogP contribution in [0.25, 0.3) is 0 Å². The first-order chi connectivity index (χ1) is 6.72. The van der Waals surface area contributed by atoms with E-state index in [1.807, 2.05) is 0 Å². The first kappa shape index (κ1) is 9.02. The lowest BCUT2D eigenvalue weighted by molar-refractivity contribution is -0.307. The number of carbonyl (C=O) groups excluding carboxylic acids is 1. The third-order valence-corrected chi connectivity index (χ3v) is 2.17. The van der Waals surface area contributed by atoms with E-state index in [2.05, 4.69) is 0 Å². The molecule has 0 N–H and O–H groups in total. The Kier molecular flexibility index (Phi) is 2.13. The maximum Gasteiger partial charge on any atom is 0.128 e. The van der Waals surface area contributed by atoms with Crippen molar-refractivity contribution < 1.29 is 19.4 Å². The third kappa shape index (κ3) is 1.56. The smallest absolute Gasteiger partial charge is 0.128 e. The summed E-state index contributed by atoms with van der Waals surface area (Å²) in [4.78, 5) is 10.4. The van der Waals surface area contributed by atoms with Crippen LogP contribution in [0.15, 0.2) is 24.3 Å². The number of ether oxygens (including phenoxy) is 2. The number of rotatable bonds is 3. The van der Waals surface area contributed by atoms with Gasteiger partial charge in [0.1, 0.15) is 18.0 Å². The Morgan fingerprint density at radius 2 is 2.07 bits per heavy atom. The van der Waals surface area contributed by atoms with Gasteiger partial charge in [-0.25, -0.2) is 0 Å². The highest BCUT2D eigenvalue weighted by Crippen LogP contribution is 2.38. The fraction of sp³-hybridized carbons (Fsp3) is 0.300. The average Bonchev–Trinajstić information content (AvgIpc) is 2.97. The molecular weight excluding hydrogens is 184 g/mol. The lowest BCUT2D eigenvalue weighted by Gasteiger charge is -2.00. The van der Waals surface area contributed by atoms with Gasteiger partial charge in [-0.3, -0.25) is 0 Å². The molecule has 0 bridgehead atoms. The fourth-order valence-electron chi connectivity index (χ4n) is 1.34. The summed E-state index contributed by atoms with van der Waals surface area (Å²) in [5, 5.41) is 10.4. The summed E-state index contributed by atoms with van der Waals surface area (Å²) in [6, 6.07) is 7.10. The molecule has 1 fully saturated rings. The van der Waals surface area contributed by atoms with Crippen molar-refractivity contribution in [3.63, 3.8) is 0 Å². The lowest BCUT2D eigenvalue weighted by Crippen LogP contribution is -2.28. The summed E-state index contributed by atoms with van der Waals surface area (Å²) in [5.74, 6) is -0.426. The molecule has 0 radical (unpaired) electrons. The number of carboxylic acid groups (broad SMARTS) is 1. The highest BCUT2D eigenvalue weighted by atomic mass is 16.6. The number of hydrogen-bond donors (Lipinski definition) is 0. The van der Waals surface area contributed by atoms with E-state index in [1.54, 1.807) is 31.4 Å². The van der Waals surface area contributed by atoms with Gasteiger partial charge < -0.3 is 19.4 Å². The van der Waals surface area contributed by atoms with Crippen molar-refractivity contribution in [3.8, 4) is 5.75 Å². The summed E-state index contributed by atoms with van der Waals surface area (Å²) in [5.41, 5.74) is 0.833. The standard InChI is InChI=1S/C10H10O4/c1-13-7-4-2-6(3-5-7)8-9(14-8)10(11)12/h2-5,8-9H,1H3,(H,11,12)/p-1. The van der Waals surface area contributed by atoms with Crippen molar-refractivity contribution in [3.05, 3.63) is 29.8 Å². The van der Waals surface area contributed by atoms with E-state index in [-0.39, 0.29) is 6.10 Å². The first-order valence-corrected chi connectivity index (χ1v) is 4.22. The maximum atomic E-state index is 10.4. The van der Waals surface area contributed by atoms with Crippen LogP contribution >= 0.6 is 0 Å². The van der Waals surface area contributed by atoms with Gasteiger partial charge in [0.05, 0.1) is 13.1 Å². The van der Waals surface area contributed by atoms with Crippen LogP contribution in [0.5, 0.6) is 5.75 Å². The van der Waals surface area contributed by atoms with E-state index in [0.717, 1.165) is 11.3 Å². The van der Waals surface area contributed by atoms with Gasteiger partial charge >= 0.3 is 0 Å². The van der Waals surface area contributed by atoms with Gasteiger partial charge in [0, 0.05) is 0 Å². The predicted octanol–water partition coefficient (Wildman–Crippen LogP) is -0.115. The van der Waals surface area contributed by atoms with Crippen molar-refractivity contribution in [1.29, 1.82) is 0 Å². The molecule has 4 heteroatoms. The molecule has 74 valence electrons. The van der Waals surface area contributed by atoms with Crippen LogP contribution in [0.2, 0.25) is 0 Å². The SMILES string of the molecule is COc1ccc(C2OC2C(=O)[O-])cc1. The molecule has 0 spiro atoms. The molecule has 2 atom stereocenters. The minimum Gasteiger partial charge on any atom is -0.547 e. The van der Waals surface area contributed by atoms with Crippen LogP contribution in [0, 0.1) is 0 Å². The van der Waals surface area contributed by atoms with Crippen molar-refractivity contribution in [2.24, 2.45) is 0 Å². The Morgan fingerprint density at radius 3 is 2.50 bits per heavy atom. The summed E-state index contributed by atoms with van der Waals surface area (Å²) in [6.45, 7) is 0. The molecular formula is C10H9O4-. The molecule has 0 aliphatic carbocycles. The normalized spacial score (nSPS) is 24.4. The van der Waals surface area contributed by atoms with Crippen LogP contribution in [0.1, 0.15) is 11.7 Å². The molecule has 14 heavy (non-hydrogen) atoms. The Hall–Kier alpha value is -1.55. The molecule has 1 heterocycles. The van der Waals surface area contributed by atoms with Gasteiger partial charge in [0.2, 0.25) is 0 Å². The van der Waals surface area contributed by atoms with Crippen molar-refractivity contribution in [1.82, 2.24) is 0 Å². The number of hydrogen-bond acceptors (Lipinski definition) is 4. The van der Waals surface area contributed by atoms with Gasteiger partial charge in [-0.2, -0.15) is 0 Å². The predicted molar refractivity (Wildman–Crippen MR) is 45.6 cm³/mol. The average molecular weight is 193 g/mol. The molecule has 1 aromatic carbocycles. The Morgan fingerprint density at radius 1 is 1.43 bits per heavy atom. The van der Waals surface area contributed by atoms with E-state index < -0.39 is 12.1 Å². The quantitative estimate of drug-likeness (QED) is 0.628. The van der Waals surface area contributed by atoms with Crippen molar-refractivity contribution in [2.45, 2.75) is 12.2 Å². The number of carbonyl (C=O) groups is 1. The van der Waals surface area contributed by atoms with Gasteiger partial charge in [-0.05, 0) is 17.7 Å². The number of methoxy groups -OCH3 is 1. The zero-order chi connectivity index (χ0) is 10.1. The zero-order valence-corrected chi connectivity index (χ0v) is 7.60. The summed E-state index contributed by atoms with van der Waals surface area (Å²) in [7, 11) is 1.58. The largest absolute Gasteiger partial charge is 0.547 e. The number of epoxide rings is 1. The molecule has 0 aromatic heterocycles. The van der Waals surface area contributed by atoms with Gasteiger partial charge in [-0.15, -0.1) is 0 Å². The second kappa shape index (κ2) is 3.31. The van der Waals surface area contributed by atoms with E-state index in [4.69, 9.17) is 9.47 Å². The first-order valence-electron chi connectivity index (χ1n) is 4.22. The summed E-state index contributed by atoms with van der Waals surface area (Å²) in [6.07, 6.45) is -1.14. The topological polar surface area (TPSA) is 61.9 Å². The van der Waals surface area contributed by atoms with Gasteiger partial charge in [0.15, 0.2) is 0 Å². The van der Waals surface area contributed by atoms with Crippen molar-refractivity contribution >= 4 is 5.97 Å². The molecule has 2 unspecified atom stereocenters. The second-order valence-electron chi connectivity index (χ2n) is 3.07. The highest BCUT2D eigenvalue weighted by Gasteiger charge is 2.41. The molecule has 1 aliphatic heterocycles. The third-order valence-electron chi connectivity index (χ3n) is 2.17. The van der Waals surface area contributed by atoms with Crippen LogP contribution in [0.4, 0.5) is 0 Å². The van der Waals surface area contributed by atoms with Gasteiger partial charge in [0.25, 0.3) is 0 Å². The van der Waals surface area contributed by atoms with Crippen LogP contribution in [-0.4, -0.2) is 19.2 Å². The Bertz CT molecular complexity index is 344. The Balaban J connectivity index is 2.08. The monoisotopic (exact) mass is 193 g/mol. The Labute approximate surface area is 81.1 Å². The van der Waals surface area contributed by atoms with E-state index in [9.17, 15) is 9.90 Å². The van der Waals surface area contributed by atoms with E-state index >= 15 is 0 Å². The fourth-order valence-corrected chi connectivity index (χ4v) is 1.34. The van der Waals surface area contributed by atoms with Crippen LogP contribution in [0.3, 0.4) is 0 Å². The molecule has 1 saturated heterocycles. The molecule has 1 aliphatic rings. The summed E-state index contributed by atoms with van der Waals surface area (Å²) >= 11 is 0. The molecule has 0 saturated carbocycles. The summed E-state index contributed by atoms with van der Waals surface area (Å²) < 4.78 is 9.91. The number of carboxylic acids is 1. The van der Waals surface area contributed by atoms with Crippen molar-refractivity contribution in [2.75, 3.05) is 7.11 Å². The van der Waals surface area contributed by atoms with E-state index in [0.29, 0.717) is 0 Å². The van der Waals surface area contributed by atoms with Crippen LogP contribution < -0.4 is 9.84 Å². The van der Waals surface area contributed by atoms with E-state index in [1.165, 1.54) is 0 Å². The molecule has 1 aromatic rings. The highest BCUT2D eigenvalue weighted by molar-refractivity contribution is 5.74. The number of benzene rings is 1. The molecule has 4 nitrogen and oxygen atoms in total. The lowest BCUT2D eigenvalue weighted by atomic mass is 10.1. The second-order valence-corrected chi connectivity index (χ2v) is 3.07. The zero-order valence-electron chi connectivity index (χ0n) is 7.60.